The van der Waals surface area contributed by atoms with Crippen molar-refractivity contribution in [2.24, 2.45) is 0 Å². The van der Waals surface area contributed by atoms with Gasteiger partial charge in [-0.15, -0.1) is 0 Å². The fourth-order valence-electron chi connectivity index (χ4n) is 3.28. The molecule has 1 aliphatic rings. The summed E-state index contributed by atoms with van der Waals surface area (Å²) in [4.78, 5) is 23.2. The molecule has 3 aromatic rings. The highest BCUT2D eigenvalue weighted by atomic mass is 16.5. The van der Waals surface area contributed by atoms with E-state index in [0.29, 0.717) is 31.2 Å². The van der Waals surface area contributed by atoms with Crippen molar-refractivity contribution in [3.8, 4) is 5.75 Å². The van der Waals surface area contributed by atoms with Crippen LogP contribution in [0.5, 0.6) is 5.75 Å². The molecule has 1 aromatic heterocycles. The predicted molar refractivity (Wildman–Crippen MR) is 108 cm³/mol. The molecule has 0 fully saturated rings. The third kappa shape index (κ3) is 3.96. The normalized spacial score (nSPS) is 13.0. The minimum Gasteiger partial charge on any atom is -0.494 e. The van der Waals surface area contributed by atoms with Gasteiger partial charge in [0.2, 0.25) is 0 Å². The third-order valence-electron chi connectivity index (χ3n) is 4.73. The minimum atomic E-state index is -0.0883. The quantitative estimate of drug-likeness (QED) is 0.735. The molecule has 0 atom stereocenters. The minimum absolute atomic E-state index is 0.0883. The van der Waals surface area contributed by atoms with E-state index in [-0.39, 0.29) is 5.91 Å². The number of nitrogens with zero attached hydrogens (tertiary/aromatic N) is 3. The molecule has 28 heavy (non-hydrogen) atoms. The Bertz CT molecular complexity index is 955. The number of rotatable bonds is 5. The first kappa shape index (κ1) is 18.0. The molecule has 0 spiro atoms. The van der Waals surface area contributed by atoms with Crippen LogP contribution in [0.1, 0.15) is 28.5 Å². The maximum absolute atomic E-state index is 12.8. The van der Waals surface area contributed by atoms with Crippen molar-refractivity contribution < 1.29 is 9.53 Å². The van der Waals surface area contributed by atoms with E-state index in [1.54, 1.807) is 6.20 Å². The van der Waals surface area contributed by atoms with Gasteiger partial charge in [0.25, 0.3) is 5.91 Å². The Balaban J connectivity index is 1.41. The number of amides is 1. The van der Waals surface area contributed by atoms with Gasteiger partial charge in [-0.3, -0.25) is 4.79 Å². The molecule has 0 unspecified atom stereocenters. The zero-order valence-electron chi connectivity index (χ0n) is 15.8. The number of fused-ring (bicyclic) bond motifs is 1. The average Bonchev–Trinajstić information content (AvgIpc) is 2.75. The van der Waals surface area contributed by atoms with E-state index in [9.17, 15) is 4.79 Å². The van der Waals surface area contributed by atoms with Crippen LogP contribution in [0.15, 0.2) is 60.9 Å². The van der Waals surface area contributed by atoms with Crippen LogP contribution in [0, 0.1) is 0 Å². The average molecular weight is 374 g/mol. The van der Waals surface area contributed by atoms with Gasteiger partial charge in [-0.2, -0.15) is 0 Å². The summed E-state index contributed by atoms with van der Waals surface area (Å²) in [5.74, 6) is 1.32. The Kier molecular flexibility index (Phi) is 5.19. The molecule has 0 saturated carbocycles. The lowest BCUT2D eigenvalue weighted by Crippen LogP contribution is -2.36. The molecular formula is C22H22N4O2. The molecule has 6 heteroatoms. The fraction of sp³-hybridized carbons (Fsp3) is 0.227. The summed E-state index contributed by atoms with van der Waals surface area (Å²) in [7, 11) is 0. The number of nitrogens with one attached hydrogen (secondary N) is 1. The number of carbonyl (C=O) groups excluding carboxylic acids is 1. The second kappa shape index (κ2) is 8.08. The second-order valence-electron chi connectivity index (χ2n) is 6.61. The fourth-order valence-corrected chi connectivity index (χ4v) is 3.28. The van der Waals surface area contributed by atoms with Gasteiger partial charge in [-0.25, -0.2) is 9.97 Å². The number of hydrogen-bond donors (Lipinski definition) is 1. The summed E-state index contributed by atoms with van der Waals surface area (Å²) in [6, 6.07) is 15.9. The monoisotopic (exact) mass is 374 g/mol. The van der Waals surface area contributed by atoms with Gasteiger partial charge in [0.15, 0.2) is 0 Å². The summed E-state index contributed by atoms with van der Waals surface area (Å²) >= 11 is 0. The maximum Gasteiger partial charge on any atom is 0.274 e. The number of anilines is 2. The zero-order chi connectivity index (χ0) is 19.3. The lowest BCUT2D eigenvalue weighted by atomic mass is 10.00. The Labute approximate surface area is 164 Å². The predicted octanol–water partition coefficient (Wildman–Crippen LogP) is 3.82. The molecule has 4 rings (SSSR count). The first-order valence-corrected chi connectivity index (χ1v) is 9.41. The van der Waals surface area contributed by atoms with E-state index in [1.807, 2.05) is 48.2 Å². The zero-order valence-corrected chi connectivity index (χ0v) is 15.8. The van der Waals surface area contributed by atoms with Crippen molar-refractivity contribution in [3.05, 3.63) is 77.7 Å². The van der Waals surface area contributed by atoms with Gasteiger partial charge >= 0.3 is 0 Å². The third-order valence-corrected chi connectivity index (χ3v) is 4.73. The van der Waals surface area contributed by atoms with Gasteiger partial charge in [0.1, 0.15) is 17.3 Å². The van der Waals surface area contributed by atoms with Crippen LogP contribution >= 0.6 is 0 Å². The second-order valence-corrected chi connectivity index (χ2v) is 6.61. The van der Waals surface area contributed by atoms with Crippen LogP contribution in [-0.2, 0) is 13.0 Å². The summed E-state index contributed by atoms with van der Waals surface area (Å²) < 4.78 is 5.43. The first-order valence-electron chi connectivity index (χ1n) is 9.41. The lowest BCUT2D eigenvalue weighted by Gasteiger charge is -2.28. The van der Waals surface area contributed by atoms with Crippen LogP contribution in [0.2, 0.25) is 0 Å². The van der Waals surface area contributed by atoms with E-state index in [4.69, 9.17) is 4.74 Å². The summed E-state index contributed by atoms with van der Waals surface area (Å²) in [5, 5.41) is 3.18. The number of carbonyl (C=O) groups is 1. The molecular weight excluding hydrogens is 352 g/mol. The maximum atomic E-state index is 12.8. The van der Waals surface area contributed by atoms with Crippen LogP contribution in [0.3, 0.4) is 0 Å². The molecule has 2 heterocycles. The van der Waals surface area contributed by atoms with Crippen molar-refractivity contribution in [1.82, 2.24) is 14.9 Å². The van der Waals surface area contributed by atoms with Crippen LogP contribution in [0.4, 0.5) is 11.5 Å². The Morgan fingerprint density at radius 1 is 1.07 bits per heavy atom. The lowest BCUT2D eigenvalue weighted by molar-refractivity contribution is 0.0728. The highest BCUT2D eigenvalue weighted by molar-refractivity contribution is 5.92. The molecule has 0 bridgehead atoms. The highest BCUT2D eigenvalue weighted by Crippen LogP contribution is 2.21. The molecule has 6 nitrogen and oxygen atoms in total. The Morgan fingerprint density at radius 3 is 2.57 bits per heavy atom. The molecule has 2 aromatic carbocycles. The van der Waals surface area contributed by atoms with E-state index < -0.39 is 0 Å². The summed E-state index contributed by atoms with van der Waals surface area (Å²) in [5.41, 5.74) is 3.75. The van der Waals surface area contributed by atoms with Crippen molar-refractivity contribution in [1.29, 1.82) is 0 Å². The number of aromatic nitrogens is 2. The van der Waals surface area contributed by atoms with Crippen molar-refractivity contribution >= 4 is 17.4 Å². The van der Waals surface area contributed by atoms with E-state index in [1.165, 1.54) is 17.3 Å². The van der Waals surface area contributed by atoms with Crippen LogP contribution < -0.4 is 10.1 Å². The molecule has 1 N–H and O–H groups in total. The molecule has 1 aliphatic heterocycles. The highest BCUT2D eigenvalue weighted by Gasteiger charge is 2.22. The van der Waals surface area contributed by atoms with Gasteiger partial charge in [-0.05, 0) is 48.7 Å². The van der Waals surface area contributed by atoms with Crippen molar-refractivity contribution in [2.75, 3.05) is 18.5 Å². The Morgan fingerprint density at radius 2 is 1.86 bits per heavy atom. The van der Waals surface area contributed by atoms with Gasteiger partial charge < -0.3 is 15.0 Å². The SMILES string of the molecule is CCOc1ccc(Nc2cnc(C(=O)N3CCc4ccccc4C3)cn2)cc1. The largest absolute Gasteiger partial charge is 0.494 e. The standard InChI is InChI=1S/C22H22N4O2/c1-2-28-19-9-7-18(8-10-19)25-21-14-23-20(13-24-21)22(27)26-12-11-16-5-3-4-6-17(16)15-26/h3-10,13-14H,2,11-12,15H2,1H3,(H,24,25). The molecule has 1 amide bonds. The van der Waals surface area contributed by atoms with Crippen LogP contribution in [0.25, 0.3) is 0 Å². The first-order chi connectivity index (χ1) is 13.7. The molecule has 0 aliphatic carbocycles. The number of hydrogen-bond acceptors (Lipinski definition) is 5. The number of benzene rings is 2. The topological polar surface area (TPSA) is 67.3 Å². The van der Waals surface area contributed by atoms with E-state index in [0.717, 1.165) is 17.9 Å². The molecule has 0 radical (unpaired) electrons. The van der Waals surface area contributed by atoms with Gasteiger partial charge in [0, 0.05) is 18.8 Å². The molecule has 142 valence electrons. The summed E-state index contributed by atoms with van der Waals surface area (Å²) in [6.45, 7) is 3.90. The smallest absolute Gasteiger partial charge is 0.274 e. The van der Waals surface area contributed by atoms with E-state index >= 15 is 0 Å². The van der Waals surface area contributed by atoms with Crippen molar-refractivity contribution in [3.63, 3.8) is 0 Å². The van der Waals surface area contributed by atoms with Gasteiger partial charge in [0.05, 0.1) is 19.0 Å². The number of ether oxygens (including phenoxy) is 1. The molecule has 0 saturated heterocycles. The summed E-state index contributed by atoms with van der Waals surface area (Å²) in [6.07, 6.45) is 3.98. The Hall–Kier alpha value is -3.41. The van der Waals surface area contributed by atoms with E-state index in [2.05, 4.69) is 27.4 Å². The van der Waals surface area contributed by atoms with Gasteiger partial charge in [-0.1, -0.05) is 24.3 Å². The van der Waals surface area contributed by atoms with Crippen LogP contribution in [-0.4, -0.2) is 33.9 Å². The van der Waals surface area contributed by atoms with Crippen molar-refractivity contribution in [2.45, 2.75) is 19.9 Å².